The van der Waals surface area contributed by atoms with E-state index in [-0.39, 0.29) is 26.4 Å². The maximum absolute atomic E-state index is 14.8. The SMILES string of the molecule is COc1cc2nccc(Oc3ccc(NS(=O)(=O)c4cc(Cl)cc(Cl)c4)c(F)c3)c2cc1OC. The quantitative estimate of drug-likeness (QED) is 0.306. The number of benzene rings is 3. The molecule has 1 heterocycles. The standard InChI is InChI=1S/C23H17Cl2FN2O5S/c1-31-22-11-17-20(12-23(22)32-2)27-6-5-21(17)33-15-3-4-19(18(26)10-15)28-34(29,30)16-8-13(24)7-14(25)9-16/h3-12,28H,1-2H3. The van der Waals surface area contributed by atoms with Crippen molar-refractivity contribution >= 4 is 49.8 Å². The topological polar surface area (TPSA) is 86.8 Å². The number of nitrogens with one attached hydrogen (secondary N) is 1. The van der Waals surface area contributed by atoms with Gasteiger partial charge >= 0.3 is 0 Å². The minimum Gasteiger partial charge on any atom is -0.493 e. The van der Waals surface area contributed by atoms with Crippen molar-refractivity contribution < 1.29 is 27.0 Å². The second kappa shape index (κ2) is 9.54. The van der Waals surface area contributed by atoms with Crippen LogP contribution in [0.3, 0.4) is 0 Å². The molecule has 0 aliphatic heterocycles. The van der Waals surface area contributed by atoms with Crippen LogP contribution in [-0.4, -0.2) is 27.6 Å². The molecule has 1 N–H and O–H groups in total. The summed E-state index contributed by atoms with van der Waals surface area (Å²) in [5.74, 6) is 0.681. The summed E-state index contributed by atoms with van der Waals surface area (Å²) in [6.07, 6.45) is 1.54. The van der Waals surface area contributed by atoms with E-state index in [2.05, 4.69) is 9.71 Å². The van der Waals surface area contributed by atoms with Crippen molar-refractivity contribution in [3.8, 4) is 23.0 Å². The minimum atomic E-state index is -4.13. The Labute approximate surface area is 205 Å². The summed E-state index contributed by atoms with van der Waals surface area (Å²) in [6.45, 7) is 0. The number of sulfonamides is 1. The molecule has 0 bridgehead atoms. The largest absolute Gasteiger partial charge is 0.493 e. The Balaban J connectivity index is 1.62. The average molecular weight is 523 g/mol. The smallest absolute Gasteiger partial charge is 0.262 e. The van der Waals surface area contributed by atoms with Gasteiger partial charge in [-0.05, 0) is 42.5 Å². The Morgan fingerprint density at radius 1 is 0.882 bits per heavy atom. The van der Waals surface area contributed by atoms with Gasteiger partial charge in [0.2, 0.25) is 0 Å². The molecule has 4 aromatic rings. The highest BCUT2D eigenvalue weighted by Gasteiger charge is 2.19. The van der Waals surface area contributed by atoms with Crippen LogP contribution in [0.2, 0.25) is 10.0 Å². The summed E-state index contributed by atoms with van der Waals surface area (Å²) in [7, 11) is -1.10. The molecule has 1 aromatic heterocycles. The fraction of sp³-hybridized carbons (Fsp3) is 0.0870. The zero-order valence-electron chi connectivity index (χ0n) is 17.8. The van der Waals surface area contributed by atoms with Crippen molar-refractivity contribution in [2.45, 2.75) is 4.90 Å². The van der Waals surface area contributed by atoms with Crippen LogP contribution in [0.1, 0.15) is 0 Å². The molecule has 0 aliphatic rings. The van der Waals surface area contributed by atoms with Gasteiger partial charge in [0, 0.05) is 33.8 Å². The number of halogens is 3. The van der Waals surface area contributed by atoms with E-state index in [1.54, 1.807) is 24.4 Å². The van der Waals surface area contributed by atoms with Crippen LogP contribution in [0, 0.1) is 5.82 Å². The average Bonchev–Trinajstić information content (AvgIpc) is 2.79. The molecule has 176 valence electrons. The van der Waals surface area contributed by atoms with Crippen molar-refractivity contribution in [1.29, 1.82) is 0 Å². The Morgan fingerprint density at radius 2 is 1.56 bits per heavy atom. The number of hydrogen-bond donors (Lipinski definition) is 1. The van der Waals surface area contributed by atoms with Crippen LogP contribution in [0.25, 0.3) is 10.9 Å². The van der Waals surface area contributed by atoms with Crippen LogP contribution in [0.5, 0.6) is 23.0 Å². The lowest BCUT2D eigenvalue weighted by atomic mass is 10.2. The summed E-state index contributed by atoms with van der Waals surface area (Å²) < 4.78 is 58.7. The molecule has 0 saturated heterocycles. The Bertz CT molecular complexity index is 1480. The zero-order valence-corrected chi connectivity index (χ0v) is 20.1. The van der Waals surface area contributed by atoms with E-state index in [4.69, 9.17) is 37.4 Å². The van der Waals surface area contributed by atoms with Gasteiger partial charge in [-0.25, -0.2) is 12.8 Å². The number of anilines is 1. The summed E-state index contributed by atoms with van der Waals surface area (Å²) in [5.41, 5.74) is 0.314. The zero-order chi connectivity index (χ0) is 24.5. The van der Waals surface area contributed by atoms with Crippen LogP contribution in [0.4, 0.5) is 10.1 Å². The van der Waals surface area contributed by atoms with E-state index in [9.17, 15) is 12.8 Å². The van der Waals surface area contributed by atoms with Crippen molar-refractivity contribution in [2.24, 2.45) is 0 Å². The van der Waals surface area contributed by atoms with Gasteiger partial charge in [-0.2, -0.15) is 0 Å². The van der Waals surface area contributed by atoms with Gasteiger partial charge < -0.3 is 14.2 Å². The van der Waals surface area contributed by atoms with Gasteiger partial charge in [0.15, 0.2) is 17.3 Å². The van der Waals surface area contributed by atoms with Crippen molar-refractivity contribution in [3.63, 3.8) is 0 Å². The molecule has 4 rings (SSSR count). The molecule has 7 nitrogen and oxygen atoms in total. The molecule has 0 saturated carbocycles. The third-order valence-electron chi connectivity index (χ3n) is 4.77. The van der Waals surface area contributed by atoms with Crippen molar-refractivity contribution in [2.75, 3.05) is 18.9 Å². The second-order valence-corrected chi connectivity index (χ2v) is 9.54. The van der Waals surface area contributed by atoms with E-state index in [0.29, 0.717) is 28.2 Å². The van der Waals surface area contributed by atoms with Crippen LogP contribution in [0.15, 0.2) is 65.7 Å². The number of ether oxygens (including phenoxy) is 3. The molecule has 0 atom stereocenters. The summed E-state index contributed by atoms with van der Waals surface area (Å²) >= 11 is 11.8. The Morgan fingerprint density at radius 3 is 2.21 bits per heavy atom. The van der Waals surface area contributed by atoms with Gasteiger partial charge in [-0.3, -0.25) is 9.71 Å². The van der Waals surface area contributed by atoms with Gasteiger partial charge in [0.25, 0.3) is 10.0 Å². The van der Waals surface area contributed by atoms with E-state index in [1.165, 1.54) is 44.6 Å². The maximum Gasteiger partial charge on any atom is 0.262 e. The highest BCUT2D eigenvalue weighted by atomic mass is 35.5. The minimum absolute atomic E-state index is 0.135. The third kappa shape index (κ3) is 4.96. The first-order chi connectivity index (χ1) is 16.2. The molecule has 0 spiro atoms. The molecule has 3 aromatic carbocycles. The molecule has 0 unspecified atom stereocenters. The summed E-state index contributed by atoms with van der Waals surface area (Å²) in [6, 6.07) is 12.6. The van der Waals surface area contributed by atoms with E-state index < -0.39 is 15.8 Å². The molecule has 0 radical (unpaired) electrons. The lowest BCUT2D eigenvalue weighted by Crippen LogP contribution is -2.14. The van der Waals surface area contributed by atoms with Crippen LogP contribution < -0.4 is 18.9 Å². The van der Waals surface area contributed by atoms with E-state index in [0.717, 1.165) is 6.07 Å². The number of rotatable bonds is 7. The van der Waals surface area contributed by atoms with Gasteiger partial charge in [0.05, 0.1) is 30.3 Å². The van der Waals surface area contributed by atoms with Gasteiger partial charge in [-0.15, -0.1) is 0 Å². The van der Waals surface area contributed by atoms with E-state index >= 15 is 0 Å². The number of aromatic nitrogens is 1. The van der Waals surface area contributed by atoms with E-state index in [1.807, 2.05) is 0 Å². The molecular weight excluding hydrogens is 506 g/mol. The molecule has 0 aliphatic carbocycles. The lowest BCUT2D eigenvalue weighted by Gasteiger charge is -2.13. The summed E-state index contributed by atoms with van der Waals surface area (Å²) in [5, 5.41) is 0.884. The third-order valence-corrected chi connectivity index (χ3v) is 6.55. The molecule has 0 fully saturated rings. The maximum atomic E-state index is 14.8. The molecule has 34 heavy (non-hydrogen) atoms. The Kier molecular flexibility index (Phi) is 6.70. The number of fused-ring (bicyclic) bond motifs is 1. The van der Waals surface area contributed by atoms with Gasteiger partial charge in [0.1, 0.15) is 11.5 Å². The molecule has 0 amide bonds. The Hall–Kier alpha value is -3.27. The number of pyridine rings is 1. The monoisotopic (exact) mass is 522 g/mol. The number of hydrogen-bond acceptors (Lipinski definition) is 6. The number of nitrogens with zero attached hydrogens (tertiary/aromatic N) is 1. The predicted molar refractivity (Wildman–Crippen MR) is 129 cm³/mol. The highest BCUT2D eigenvalue weighted by Crippen LogP contribution is 2.37. The lowest BCUT2D eigenvalue weighted by molar-refractivity contribution is 0.355. The first kappa shape index (κ1) is 23.9. The fourth-order valence-corrected chi connectivity index (χ4v) is 4.99. The van der Waals surface area contributed by atoms with Crippen LogP contribution >= 0.6 is 23.2 Å². The highest BCUT2D eigenvalue weighted by molar-refractivity contribution is 7.92. The normalized spacial score (nSPS) is 11.3. The number of methoxy groups -OCH3 is 2. The second-order valence-electron chi connectivity index (χ2n) is 6.99. The molecule has 11 heteroatoms. The van der Waals surface area contributed by atoms with Crippen molar-refractivity contribution in [3.05, 3.63) is 76.7 Å². The summed E-state index contributed by atoms with van der Waals surface area (Å²) in [4.78, 5) is 4.10. The van der Waals surface area contributed by atoms with Gasteiger partial charge in [-0.1, -0.05) is 23.2 Å². The first-order valence-corrected chi connectivity index (χ1v) is 11.9. The molecular formula is C23H17Cl2FN2O5S. The first-order valence-electron chi connectivity index (χ1n) is 9.67. The van der Waals surface area contributed by atoms with Crippen LogP contribution in [-0.2, 0) is 10.0 Å². The van der Waals surface area contributed by atoms with Crippen molar-refractivity contribution in [1.82, 2.24) is 4.98 Å². The predicted octanol–water partition coefficient (Wildman–Crippen LogP) is 6.29. The fourth-order valence-electron chi connectivity index (χ4n) is 3.19.